The Hall–Kier alpha value is -2.89. The van der Waals surface area contributed by atoms with E-state index in [1.807, 2.05) is 24.3 Å². The highest BCUT2D eigenvalue weighted by atomic mass is 16.5. The van der Waals surface area contributed by atoms with Crippen molar-refractivity contribution in [2.45, 2.75) is 6.54 Å². The van der Waals surface area contributed by atoms with E-state index in [4.69, 9.17) is 4.74 Å². The molecule has 1 amide bonds. The summed E-state index contributed by atoms with van der Waals surface area (Å²) in [5.41, 5.74) is 1.37. The normalized spacial score (nSPS) is 9.86. The molecule has 2 rings (SSSR count). The fraction of sp³-hybridized carbons (Fsp3) is 0.188. The van der Waals surface area contributed by atoms with E-state index >= 15 is 0 Å². The van der Waals surface area contributed by atoms with Crippen LogP contribution in [0.2, 0.25) is 0 Å². The zero-order valence-corrected chi connectivity index (χ0v) is 12.4. The van der Waals surface area contributed by atoms with E-state index in [0.717, 1.165) is 11.3 Å². The number of methoxy groups -OCH3 is 1. The molecule has 0 aliphatic rings. The zero-order chi connectivity index (χ0) is 15.8. The third-order valence-electron chi connectivity index (χ3n) is 2.92. The van der Waals surface area contributed by atoms with Gasteiger partial charge in [0.05, 0.1) is 19.5 Å². The first-order valence-corrected chi connectivity index (χ1v) is 6.81. The summed E-state index contributed by atoms with van der Waals surface area (Å²) in [5, 5.41) is 5.79. The molecule has 22 heavy (non-hydrogen) atoms. The number of ether oxygens (including phenoxy) is 1. The topological polar surface area (TPSA) is 76.1 Å². The monoisotopic (exact) mass is 298 g/mol. The van der Waals surface area contributed by atoms with Gasteiger partial charge in [-0.25, -0.2) is 9.97 Å². The molecule has 0 radical (unpaired) electrons. The van der Waals surface area contributed by atoms with Crippen LogP contribution in [0, 0.1) is 0 Å². The lowest BCUT2D eigenvalue weighted by Crippen LogP contribution is -2.24. The van der Waals surface area contributed by atoms with Gasteiger partial charge in [0, 0.05) is 13.1 Å². The Balaban J connectivity index is 1.90. The Bertz CT molecular complexity index is 624. The van der Waals surface area contributed by atoms with Crippen LogP contribution < -0.4 is 15.4 Å². The Kier molecular flexibility index (Phi) is 5.48. The lowest BCUT2D eigenvalue weighted by atomic mass is 10.2. The van der Waals surface area contributed by atoms with Crippen molar-refractivity contribution < 1.29 is 9.53 Å². The number of carbonyl (C=O) groups excluding carboxylic acids is 1. The average Bonchev–Trinajstić information content (AvgIpc) is 2.58. The van der Waals surface area contributed by atoms with Gasteiger partial charge < -0.3 is 15.4 Å². The fourth-order valence-electron chi connectivity index (χ4n) is 1.73. The van der Waals surface area contributed by atoms with Gasteiger partial charge >= 0.3 is 0 Å². The molecule has 0 aliphatic carbocycles. The van der Waals surface area contributed by atoms with E-state index in [1.54, 1.807) is 13.2 Å². The number of nitrogens with zero attached hydrogens (tertiary/aromatic N) is 2. The third-order valence-corrected chi connectivity index (χ3v) is 2.92. The van der Waals surface area contributed by atoms with Crippen molar-refractivity contribution >= 4 is 11.7 Å². The van der Waals surface area contributed by atoms with Crippen LogP contribution in [-0.2, 0) is 6.54 Å². The van der Waals surface area contributed by atoms with Crippen LogP contribution >= 0.6 is 0 Å². The van der Waals surface area contributed by atoms with Crippen LogP contribution in [-0.4, -0.2) is 29.5 Å². The largest absolute Gasteiger partial charge is 0.497 e. The van der Waals surface area contributed by atoms with Crippen molar-refractivity contribution in [3.63, 3.8) is 0 Å². The third kappa shape index (κ3) is 4.31. The predicted octanol–water partition coefficient (Wildman–Crippen LogP) is 2.01. The van der Waals surface area contributed by atoms with Crippen molar-refractivity contribution in [2.24, 2.45) is 0 Å². The molecular formula is C16H18N4O2. The number of amides is 1. The van der Waals surface area contributed by atoms with Gasteiger partial charge in [-0.3, -0.25) is 4.79 Å². The number of hydrogen-bond donors (Lipinski definition) is 2. The zero-order valence-electron chi connectivity index (χ0n) is 12.4. The first-order valence-electron chi connectivity index (χ1n) is 6.81. The van der Waals surface area contributed by atoms with Crippen LogP contribution in [0.1, 0.15) is 16.1 Å². The maximum atomic E-state index is 11.7. The summed E-state index contributed by atoms with van der Waals surface area (Å²) >= 11 is 0. The molecule has 114 valence electrons. The molecule has 6 nitrogen and oxygen atoms in total. The number of nitrogens with one attached hydrogen (secondary N) is 2. The van der Waals surface area contributed by atoms with E-state index in [0.29, 0.717) is 18.9 Å². The molecule has 0 fully saturated rings. The van der Waals surface area contributed by atoms with Crippen molar-refractivity contribution in [1.29, 1.82) is 0 Å². The summed E-state index contributed by atoms with van der Waals surface area (Å²) in [4.78, 5) is 19.9. The standard InChI is InChI=1S/C16H18N4O2/c1-3-8-17-16(21)14-10-20-15(11-18-14)19-9-12-4-6-13(22-2)7-5-12/h3-7,10-11H,1,8-9H2,2H3,(H,17,21)(H,19,20). The molecule has 0 saturated carbocycles. The Morgan fingerprint density at radius 2 is 2.05 bits per heavy atom. The van der Waals surface area contributed by atoms with Crippen molar-refractivity contribution in [3.8, 4) is 5.75 Å². The van der Waals surface area contributed by atoms with Gasteiger partial charge in [-0.15, -0.1) is 6.58 Å². The lowest BCUT2D eigenvalue weighted by molar-refractivity contribution is 0.0952. The summed E-state index contributed by atoms with van der Waals surface area (Å²) in [7, 11) is 1.63. The summed E-state index contributed by atoms with van der Waals surface area (Å²) in [6.45, 7) is 4.55. The second-order valence-electron chi connectivity index (χ2n) is 4.49. The molecule has 0 atom stereocenters. The van der Waals surface area contributed by atoms with Gasteiger partial charge in [0.2, 0.25) is 0 Å². The molecule has 2 aromatic rings. The molecule has 1 heterocycles. The van der Waals surface area contributed by atoms with Gasteiger partial charge in [0.25, 0.3) is 5.91 Å². The first kappa shape index (κ1) is 15.5. The highest BCUT2D eigenvalue weighted by Gasteiger charge is 2.06. The molecule has 1 aromatic heterocycles. The Morgan fingerprint density at radius 1 is 1.27 bits per heavy atom. The van der Waals surface area contributed by atoms with E-state index in [1.165, 1.54) is 12.4 Å². The molecular weight excluding hydrogens is 280 g/mol. The van der Waals surface area contributed by atoms with Gasteiger partial charge in [0.1, 0.15) is 17.3 Å². The highest BCUT2D eigenvalue weighted by Crippen LogP contribution is 2.12. The number of carbonyl (C=O) groups is 1. The highest BCUT2D eigenvalue weighted by molar-refractivity contribution is 5.92. The maximum absolute atomic E-state index is 11.7. The summed E-state index contributed by atoms with van der Waals surface area (Å²) in [6, 6.07) is 7.73. The molecule has 0 spiro atoms. The predicted molar refractivity (Wildman–Crippen MR) is 84.9 cm³/mol. The van der Waals surface area contributed by atoms with Gasteiger partial charge in [-0.1, -0.05) is 18.2 Å². The second kappa shape index (κ2) is 7.78. The van der Waals surface area contributed by atoms with E-state index in [9.17, 15) is 4.79 Å². The van der Waals surface area contributed by atoms with Crippen LogP contribution in [0.5, 0.6) is 5.75 Å². The molecule has 0 unspecified atom stereocenters. The molecule has 0 aliphatic heterocycles. The number of hydrogen-bond acceptors (Lipinski definition) is 5. The SMILES string of the molecule is C=CCNC(=O)c1cnc(NCc2ccc(OC)cc2)cn1. The van der Waals surface area contributed by atoms with E-state index < -0.39 is 0 Å². The number of benzene rings is 1. The molecule has 6 heteroatoms. The van der Waals surface area contributed by atoms with Crippen molar-refractivity contribution in [2.75, 3.05) is 19.0 Å². The van der Waals surface area contributed by atoms with Crippen LogP contribution in [0.25, 0.3) is 0 Å². The molecule has 2 N–H and O–H groups in total. The minimum atomic E-state index is -0.269. The second-order valence-corrected chi connectivity index (χ2v) is 4.49. The molecule has 1 aromatic carbocycles. The smallest absolute Gasteiger partial charge is 0.271 e. The molecule has 0 saturated heterocycles. The lowest BCUT2D eigenvalue weighted by Gasteiger charge is -2.07. The number of rotatable bonds is 7. The Labute approximate surface area is 129 Å². The quantitative estimate of drug-likeness (QED) is 0.765. The minimum absolute atomic E-state index is 0.269. The van der Waals surface area contributed by atoms with Crippen LogP contribution in [0.4, 0.5) is 5.82 Å². The summed E-state index contributed by atoms with van der Waals surface area (Å²) in [5.74, 6) is 1.16. The van der Waals surface area contributed by atoms with E-state index in [2.05, 4.69) is 27.2 Å². The van der Waals surface area contributed by atoms with Crippen molar-refractivity contribution in [1.82, 2.24) is 15.3 Å². The van der Waals surface area contributed by atoms with Gasteiger partial charge in [0.15, 0.2) is 0 Å². The molecule has 0 bridgehead atoms. The minimum Gasteiger partial charge on any atom is -0.497 e. The Morgan fingerprint density at radius 3 is 2.64 bits per heavy atom. The number of anilines is 1. The van der Waals surface area contributed by atoms with Gasteiger partial charge in [-0.2, -0.15) is 0 Å². The fourth-order valence-corrected chi connectivity index (χ4v) is 1.73. The maximum Gasteiger partial charge on any atom is 0.271 e. The van der Waals surface area contributed by atoms with Crippen LogP contribution in [0.15, 0.2) is 49.3 Å². The average molecular weight is 298 g/mol. The summed E-state index contributed by atoms with van der Waals surface area (Å²) < 4.78 is 5.11. The van der Waals surface area contributed by atoms with E-state index in [-0.39, 0.29) is 11.6 Å². The first-order chi connectivity index (χ1) is 10.7. The van der Waals surface area contributed by atoms with Gasteiger partial charge in [-0.05, 0) is 17.7 Å². The summed E-state index contributed by atoms with van der Waals surface area (Å²) in [6.07, 6.45) is 4.58. The van der Waals surface area contributed by atoms with Crippen LogP contribution in [0.3, 0.4) is 0 Å². The van der Waals surface area contributed by atoms with Crippen molar-refractivity contribution in [3.05, 3.63) is 60.6 Å². The number of aromatic nitrogens is 2.